The summed E-state index contributed by atoms with van der Waals surface area (Å²) in [6.07, 6.45) is 3.72. The predicted molar refractivity (Wildman–Crippen MR) is 63.8 cm³/mol. The summed E-state index contributed by atoms with van der Waals surface area (Å²) in [6, 6.07) is 0.654. The van der Waals surface area contributed by atoms with Gasteiger partial charge < -0.3 is 4.74 Å². The molecule has 0 bridgehead atoms. The van der Waals surface area contributed by atoms with E-state index in [1.807, 2.05) is 0 Å². The maximum absolute atomic E-state index is 6.05. The van der Waals surface area contributed by atoms with E-state index >= 15 is 0 Å². The van der Waals surface area contributed by atoms with Crippen molar-refractivity contribution in [2.75, 3.05) is 19.3 Å². The number of nitrogens with zero attached hydrogens (tertiary/aromatic N) is 1. The van der Waals surface area contributed by atoms with E-state index in [-0.39, 0.29) is 4.93 Å². The summed E-state index contributed by atoms with van der Waals surface area (Å²) in [5.41, 5.74) is 0. The van der Waals surface area contributed by atoms with Gasteiger partial charge in [-0.15, -0.1) is 11.8 Å². The minimum atomic E-state index is -0.0301. The number of thioether (sulfide) groups is 1. The molecule has 84 valence electrons. The minimum Gasteiger partial charge on any atom is -0.360 e. The number of likely N-dealkylation sites (tertiary alicyclic amines) is 1. The van der Waals surface area contributed by atoms with Crippen LogP contribution < -0.4 is 0 Å². The van der Waals surface area contributed by atoms with E-state index < -0.39 is 0 Å². The zero-order chi connectivity index (χ0) is 10.8. The zero-order valence-electron chi connectivity index (χ0n) is 10.0. The van der Waals surface area contributed by atoms with E-state index in [1.165, 1.54) is 13.0 Å². The number of hydrogen-bond donors (Lipinski definition) is 0. The molecule has 3 heteroatoms. The largest absolute Gasteiger partial charge is 0.360 e. The molecule has 1 atom stereocenters. The maximum Gasteiger partial charge on any atom is 0.108 e. The third-order valence-corrected chi connectivity index (χ3v) is 3.93. The molecule has 0 aromatic heterocycles. The third kappa shape index (κ3) is 3.44. The molecule has 0 saturated carbocycles. The van der Waals surface area contributed by atoms with Crippen LogP contribution in [0, 0.1) is 0 Å². The van der Waals surface area contributed by atoms with Crippen LogP contribution in [0.3, 0.4) is 0 Å². The van der Waals surface area contributed by atoms with Gasteiger partial charge >= 0.3 is 0 Å². The molecule has 0 N–H and O–H groups in total. The van der Waals surface area contributed by atoms with Crippen LogP contribution in [0.4, 0.5) is 0 Å². The lowest BCUT2D eigenvalue weighted by molar-refractivity contribution is -0.00896. The molecule has 1 saturated heterocycles. The summed E-state index contributed by atoms with van der Waals surface area (Å²) in [7, 11) is 0. The van der Waals surface area contributed by atoms with Gasteiger partial charge in [-0.1, -0.05) is 0 Å². The van der Waals surface area contributed by atoms with Crippen LogP contribution in [-0.4, -0.2) is 41.3 Å². The van der Waals surface area contributed by atoms with Crippen molar-refractivity contribution >= 4 is 11.8 Å². The third-order valence-electron chi connectivity index (χ3n) is 2.85. The van der Waals surface area contributed by atoms with Crippen molar-refractivity contribution < 1.29 is 4.74 Å². The van der Waals surface area contributed by atoms with Gasteiger partial charge in [-0.2, -0.15) is 0 Å². The van der Waals surface area contributed by atoms with Crippen LogP contribution in [0.5, 0.6) is 0 Å². The SMILES string of the molecule is CSC(C)(C)OC1CCN(C(C)C)C1. The molecule has 0 aromatic rings. The molecule has 0 spiro atoms. The first-order valence-corrected chi connectivity index (χ1v) is 6.64. The molecule has 1 aliphatic heterocycles. The monoisotopic (exact) mass is 217 g/mol. The van der Waals surface area contributed by atoms with Gasteiger partial charge in [-0.3, -0.25) is 4.90 Å². The molecule has 1 heterocycles. The van der Waals surface area contributed by atoms with Gasteiger partial charge in [0.05, 0.1) is 6.10 Å². The lowest BCUT2D eigenvalue weighted by Crippen LogP contribution is -2.33. The number of ether oxygens (including phenoxy) is 1. The van der Waals surface area contributed by atoms with Crippen molar-refractivity contribution in [1.29, 1.82) is 0 Å². The molecule has 14 heavy (non-hydrogen) atoms. The van der Waals surface area contributed by atoms with Gasteiger partial charge in [0.2, 0.25) is 0 Å². The fraction of sp³-hybridized carbons (Fsp3) is 1.00. The molecule has 1 fully saturated rings. The quantitative estimate of drug-likeness (QED) is 0.672. The molecule has 0 amide bonds. The first-order chi connectivity index (χ1) is 6.44. The Morgan fingerprint density at radius 1 is 1.43 bits per heavy atom. The Morgan fingerprint density at radius 3 is 2.50 bits per heavy atom. The zero-order valence-corrected chi connectivity index (χ0v) is 10.9. The Kier molecular flexibility index (Phi) is 4.29. The van der Waals surface area contributed by atoms with Gasteiger partial charge in [-0.25, -0.2) is 0 Å². The summed E-state index contributed by atoms with van der Waals surface area (Å²) in [6.45, 7) is 11.1. The average molecular weight is 217 g/mol. The Labute approximate surface area is 92.4 Å². The van der Waals surface area contributed by atoms with Crippen molar-refractivity contribution in [1.82, 2.24) is 4.90 Å². The second kappa shape index (κ2) is 4.86. The van der Waals surface area contributed by atoms with E-state index in [2.05, 4.69) is 38.9 Å². The Hall–Kier alpha value is 0.270. The molecule has 1 aliphatic rings. The van der Waals surface area contributed by atoms with Crippen LogP contribution in [-0.2, 0) is 4.74 Å². The molecule has 0 aliphatic carbocycles. The predicted octanol–water partition coefficient (Wildman–Crippen LogP) is 2.58. The van der Waals surface area contributed by atoms with E-state index in [0.29, 0.717) is 12.1 Å². The molecule has 0 aromatic carbocycles. The summed E-state index contributed by atoms with van der Waals surface area (Å²) in [5.74, 6) is 0. The summed E-state index contributed by atoms with van der Waals surface area (Å²) in [4.78, 5) is 2.46. The smallest absolute Gasteiger partial charge is 0.108 e. The average Bonchev–Trinajstić information content (AvgIpc) is 2.52. The van der Waals surface area contributed by atoms with Crippen LogP contribution in [0.2, 0.25) is 0 Å². The van der Waals surface area contributed by atoms with Crippen LogP contribution in [0.15, 0.2) is 0 Å². The Balaban J connectivity index is 2.36. The van der Waals surface area contributed by atoms with Gasteiger partial charge in [0.25, 0.3) is 0 Å². The first kappa shape index (κ1) is 12.3. The van der Waals surface area contributed by atoms with Crippen molar-refractivity contribution in [3.63, 3.8) is 0 Å². The molecule has 2 nitrogen and oxygen atoms in total. The normalized spacial score (nSPS) is 24.9. The van der Waals surface area contributed by atoms with Gasteiger partial charge in [0, 0.05) is 19.1 Å². The molecule has 1 rings (SSSR count). The van der Waals surface area contributed by atoms with Crippen molar-refractivity contribution in [2.24, 2.45) is 0 Å². The summed E-state index contributed by atoms with van der Waals surface area (Å²) >= 11 is 1.78. The Morgan fingerprint density at radius 2 is 2.07 bits per heavy atom. The van der Waals surface area contributed by atoms with Gasteiger partial charge in [0.15, 0.2) is 0 Å². The fourth-order valence-corrected chi connectivity index (χ4v) is 2.00. The summed E-state index contributed by atoms with van der Waals surface area (Å²) in [5, 5.41) is 0. The van der Waals surface area contributed by atoms with Crippen molar-refractivity contribution in [3.8, 4) is 0 Å². The highest BCUT2D eigenvalue weighted by Gasteiger charge is 2.29. The van der Waals surface area contributed by atoms with E-state index in [9.17, 15) is 0 Å². The van der Waals surface area contributed by atoms with E-state index in [4.69, 9.17) is 4.74 Å². The van der Waals surface area contributed by atoms with E-state index in [0.717, 1.165) is 6.54 Å². The molecular formula is C11H23NOS. The molecule has 1 unspecified atom stereocenters. The number of hydrogen-bond acceptors (Lipinski definition) is 3. The Bertz CT molecular complexity index is 182. The van der Waals surface area contributed by atoms with Crippen LogP contribution in [0.25, 0.3) is 0 Å². The standard InChI is InChI=1S/C11H23NOS/c1-9(2)12-7-6-10(8-12)13-11(3,4)14-5/h9-10H,6-8H2,1-5H3. The fourth-order valence-electron chi connectivity index (χ4n) is 1.77. The van der Waals surface area contributed by atoms with Gasteiger partial charge in [0.1, 0.15) is 4.93 Å². The lowest BCUT2D eigenvalue weighted by Gasteiger charge is -2.27. The highest BCUT2D eigenvalue weighted by Crippen LogP contribution is 2.28. The maximum atomic E-state index is 6.05. The van der Waals surface area contributed by atoms with Crippen LogP contribution >= 0.6 is 11.8 Å². The topological polar surface area (TPSA) is 12.5 Å². The molecule has 0 radical (unpaired) electrons. The van der Waals surface area contributed by atoms with Crippen molar-refractivity contribution in [3.05, 3.63) is 0 Å². The second-order valence-electron chi connectivity index (χ2n) is 4.72. The minimum absolute atomic E-state index is 0.0301. The van der Waals surface area contributed by atoms with Crippen molar-refractivity contribution in [2.45, 2.75) is 51.2 Å². The number of rotatable bonds is 4. The van der Waals surface area contributed by atoms with Crippen LogP contribution in [0.1, 0.15) is 34.1 Å². The molecular weight excluding hydrogens is 194 g/mol. The lowest BCUT2D eigenvalue weighted by atomic mass is 10.3. The van der Waals surface area contributed by atoms with E-state index in [1.54, 1.807) is 11.8 Å². The summed E-state index contributed by atoms with van der Waals surface area (Å²) < 4.78 is 6.05. The highest BCUT2D eigenvalue weighted by atomic mass is 32.2. The first-order valence-electron chi connectivity index (χ1n) is 5.41. The van der Waals surface area contributed by atoms with Gasteiger partial charge in [-0.05, 0) is 40.4 Å². The second-order valence-corrected chi connectivity index (χ2v) is 6.11. The highest BCUT2D eigenvalue weighted by molar-refractivity contribution is 7.99.